The second kappa shape index (κ2) is 6.30. The maximum Gasteiger partial charge on any atom is 0.252 e. The highest BCUT2D eigenvalue weighted by atomic mass is 16.2. The van der Waals surface area contributed by atoms with Crippen LogP contribution in [0, 0.1) is 0 Å². The van der Waals surface area contributed by atoms with Gasteiger partial charge in [-0.25, -0.2) is 0 Å². The Morgan fingerprint density at radius 2 is 1.92 bits per heavy atom. The number of carbonyl (C=O) groups is 1. The molecule has 1 spiro atoms. The zero-order valence-corrected chi connectivity index (χ0v) is 14.8. The van der Waals surface area contributed by atoms with E-state index in [1.807, 2.05) is 35.2 Å². The smallest absolute Gasteiger partial charge is 0.252 e. The number of aromatic amines is 1. The van der Waals surface area contributed by atoms with Gasteiger partial charge in [-0.1, -0.05) is 18.2 Å². The monoisotopic (exact) mass is 339 g/mol. The van der Waals surface area contributed by atoms with Crippen molar-refractivity contribution in [3.8, 4) is 0 Å². The highest BCUT2D eigenvalue weighted by Crippen LogP contribution is 2.37. The Morgan fingerprint density at radius 1 is 1.16 bits per heavy atom. The average molecular weight is 339 g/mol. The second-order valence-corrected chi connectivity index (χ2v) is 7.52. The number of amides is 1. The van der Waals surface area contributed by atoms with Crippen LogP contribution in [0.3, 0.4) is 0 Å². The van der Waals surface area contributed by atoms with Crippen LogP contribution in [0.2, 0.25) is 0 Å². The largest absolute Gasteiger partial charge is 0.342 e. The molecule has 1 amide bonds. The van der Waals surface area contributed by atoms with Gasteiger partial charge in [0.1, 0.15) is 0 Å². The quantitative estimate of drug-likeness (QED) is 0.912. The number of fused-ring (bicyclic) bond motifs is 1. The minimum atomic E-state index is -0.156. The number of nitrogens with one attached hydrogen (secondary N) is 1. The lowest BCUT2D eigenvalue weighted by atomic mass is 9.85. The van der Waals surface area contributed by atoms with Gasteiger partial charge in [-0.05, 0) is 56.8 Å². The first kappa shape index (κ1) is 16.3. The Labute approximate surface area is 147 Å². The topological polar surface area (TPSA) is 56.4 Å². The summed E-state index contributed by atoms with van der Waals surface area (Å²) in [5, 5.41) is 0.968. The van der Waals surface area contributed by atoms with Gasteiger partial charge in [0.25, 0.3) is 5.56 Å². The van der Waals surface area contributed by atoms with Crippen molar-refractivity contribution in [3.63, 3.8) is 0 Å². The van der Waals surface area contributed by atoms with Crippen LogP contribution in [0.15, 0.2) is 35.1 Å². The molecule has 2 fully saturated rings. The van der Waals surface area contributed by atoms with Gasteiger partial charge in [-0.2, -0.15) is 0 Å². The SMILES string of the molecule is CN1CCCC12CCN(C(=O)Cc1cc3ccccc3[nH]c1=O)CC2. The molecule has 0 radical (unpaired) electrons. The first-order chi connectivity index (χ1) is 12.1. The zero-order valence-electron chi connectivity index (χ0n) is 14.8. The van der Waals surface area contributed by atoms with E-state index in [9.17, 15) is 9.59 Å². The molecule has 25 heavy (non-hydrogen) atoms. The Kier molecular flexibility index (Phi) is 4.12. The number of aromatic nitrogens is 1. The number of H-pyrrole nitrogens is 1. The first-order valence-corrected chi connectivity index (χ1v) is 9.17. The summed E-state index contributed by atoms with van der Waals surface area (Å²) < 4.78 is 0. The molecule has 1 aromatic carbocycles. The minimum Gasteiger partial charge on any atom is -0.342 e. The molecule has 132 valence electrons. The highest BCUT2D eigenvalue weighted by Gasteiger charge is 2.41. The van der Waals surface area contributed by atoms with Gasteiger partial charge in [0.05, 0.1) is 6.42 Å². The third kappa shape index (κ3) is 2.97. The number of hydrogen-bond acceptors (Lipinski definition) is 3. The van der Waals surface area contributed by atoms with Gasteiger partial charge in [-0.3, -0.25) is 9.59 Å². The molecule has 0 saturated carbocycles. The number of benzene rings is 1. The summed E-state index contributed by atoms with van der Waals surface area (Å²) in [5.41, 5.74) is 1.52. The summed E-state index contributed by atoms with van der Waals surface area (Å²) in [6, 6.07) is 9.52. The van der Waals surface area contributed by atoms with Gasteiger partial charge in [0, 0.05) is 29.7 Å². The van der Waals surface area contributed by atoms with Crippen molar-refractivity contribution in [2.24, 2.45) is 0 Å². The number of nitrogens with zero attached hydrogens (tertiary/aromatic N) is 2. The van der Waals surface area contributed by atoms with E-state index in [2.05, 4.69) is 16.9 Å². The van der Waals surface area contributed by atoms with Crippen LogP contribution >= 0.6 is 0 Å². The van der Waals surface area contributed by atoms with E-state index >= 15 is 0 Å². The maximum atomic E-state index is 12.7. The van der Waals surface area contributed by atoms with E-state index in [0.29, 0.717) is 11.1 Å². The van der Waals surface area contributed by atoms with Crippen LogP contribution in [-0.4, -0.2) is 52.9 Å². The summed E-state index contributed by atoms with van der Waals surface area (Å²) in [5.74, 6) is 0.0660. The van der Waals surface area contributed by atoms with Crippen LogP contribution in [0.4, 0.5) is 0 Å². The van der Waals surface area contributed by atoms with Crippen molar-refractivity contribution in [1.82, 2.24) is 14.8 Å². The van der Waals surface area contributed by atoms with Gasteiger partial charge in [-0.15, -0.1) is 0 Å². The van der Waals surface area contributed by atoms with E-state index in [0.717, 1.165) is 36.8 Å². The standard InChI is InChI=1S/C20H25N3O2/c1-22-10-4-7-20(22)8-11-23(12-9-20)18(24)14-16-13-15-5-2-3-6-17(15)21-19(16)25/h2-3,5-6,13H,4,7-12,14H2,1H3,(H,21,25). The fraction of sp³-hybridized carbons (Fsp3) is 0.500. The number of rotatable bonds is 2. The summed E-state index contributed by atoms with van der Waals surface area (Å²) in [7, 11) is 2.21. The molecule has 2 aromatic rings. The zero-order chi connectivity index (χ0) is 17.4. The molecule has 1 N–H and O–H groups in total. The van der Waals surface area contributed by atoms with Crippen LogP contribution in [0.5, 0.6) is 0 Å². The fourth-order valence-electron chi connectivity index (χ4n) is 4.48. The maximum absolute atomic E-state index is 12.7. The number of pyridine rings is 1. The molecule has 5 heteroatoms. The molecule has 2 saturated heterocycles. The van der Waals surface area contributed by atoms with E-state index in [1.54, 1.807) is 0 Å². The Balaban J connectivity index is 1.46. The van der Waals surface area contributed by atoms with Gasteiger partial charge in [0.2, 0.25) is 5.91 Å². The summed E-state index contributed by atoms with van der Waals surface area (Å²) in [4.78, 5) is 32.3. The molecule has 5 nitrogen and oxygen atoms in total. The molecule has 0 unspecified atom stereocenters. The summed E-state index contributed by atoms with van der Waals surface area (Å²) >= 11 is 0. The van der Waals surface area contributed by atoms with E-state index in [4.69, 9.17) is 0 Å². The molecule has 2 aliphatic heterocycles. The van der Waals surface area contributed by atoms with E-state index in [1.165, 1.54) is 19.4 Å². The molecule has 0 aliphatic carbocycles. The molecular weight excluding hydrogens is 314 g/mol. The normalized spacial score (nSPS) is 20.4. The number of para-hydroxylation sites is 1. The predicted molar refractivity (Wildman–Crippen MR) is 98.7 cm³/mol. The van der Waals surface area contributed by atoms with E-state index < -0.39 is 0 Å². The Morgan fingerprint density at radius 3 is 2.64 bits per heavy atom. The van der Waals surface area contributed by atoms with Gasteiger partial charge in [0.15, 0.2) is 0 Å². The molecule has 0 bridgehead atoms. The predicted octanol–water partition coefficient (Wildman–Crippen LogP) is 2.16. The second-order valence-electron chi connectivity index (χ2n) is 7.52. The lowest BCUT2D eigenvalue weighted by molar-refractivity contribution is -0.132. The summed E-state index contributed by atoms with van der Waals surface area (Å²) in [6.07, 6.45) is 4.78. The first-order valence-electron chi connectivity index (χ1n) is 9.17. The summed E-state index contributed by atoms with van der Waals surface area (Å²) in [6.45, 7) is 2.77. The number of carbonyl (C=O) groups excluding carboxylic acids is 1. The highest BCUT2D eigenvalue weighted by molar-refractivity contribution is 5.82. The van der Waals surface area contributed by atoms with Crippen molar-refractivity contribution >= 4 is 16.8 Å². The van der Waals surface area contributed by atoms with E-state index in [-0.39, 0.29) is 17.9 Å². The fourth-order valence-corrected chi connectivity index (χ4v) is 4.48. The molecule has 0 atom stereocenters. The molecule has 3 heterocycles. The number of hydrogen-bond donors (Lipinski definition) is 1. The van der Waals surface area contributed by atoms with Crippen molar-refractivity contribution in [2.75, 3.05) is 26.7 Å². The van der Waals surface area contributed by atoms with Gasteiger partial charge >= 0.3 is 0 Å². The Hall–Kier alpha value is -2.14. The molecular formula is C20H25N3O2. The van der Waals surface area contributed by atoms with Crippen LogP contribution in [0.25, 0.3) is 10.9 Å². The number of piperidine rings is 1. The van der Waals surface area contributed by atoms with Crippen molar-refractivity contribution in [2.45, 2.75) is 37.6 Å². The Bertz CT molecular complexity index is 849. The van der Waals surface area contributed by atoms with Crippen LogP contribution < -0.4 is 5.56 Å². The van der Waals surface area contributed by atoms with Gasteiger partial charge < -0.3 is 14.8 Å². The molecule has 2 aliphatic rings. The van der Waals surface area contributed by atoms with Crippen LogP contribution in [0.1, 0.15) is 31.2 Å². The van der Waals surface area contributed by atoms with Crippen LogP contribution in [-0.2, 0) is 11.2 Å². The molecule has 4 rings (SSSR count). The molecule has 1 aromatic heterocycles. The third-order valence-electron chi connectivity index (χ3n) is 6.16. The lowest BCUT2D eigenvalue weighted by Crippen LogP contribution is -2.52. The number of likely N-dealkylation sites (tertiary alicyclic amines) is 2. The lowest BCUT2D eigenvalue weighted by Gasteiger charge is -2.43. The van der Waals surface area contributed by atoms with Crippen molar-refractivity contribution in [3.05, 3.63) is 46.2 Å². The van der Waals surface area contributed by atoms with Crippen molar-refractivity contribution in [1.29, 1.82) is 0 Å². The average Bonchev–Trinajstić information content (AvgIpc) is 2.96. The van der Waals surface area contributed by atoms with Crippen molar-refractivity contribution < 1.29 is 4.79 Å². The third-order valence-corrected chi connectivity index (χ3v) is 6.16. The minimum absolute atomic E-state index is 0.0660.